The van der Waals surface area contributed by atoms with E-state index in [0.717, 1.165) is 28.4 Å². The van der Waals surface area contributed by atoms with Crippen LogP contribution < -0.4 is 0 Å². The van der Waals surface area contributed by atoms with Crippen LogP contribution in [0.2, 0.25) is 0 Å². The number of aromatic nitrogens is 6. The molecule has 0 radical (unpaired) electrons. The van der Waals surface area contributed by atoms with E-state index in [-0.39, 0.29) is 0 Å². The molecule has 0 bridgehead atoms. The molecule has 0 amide bonds. The fraction of sp³-hybridized carbons (Fsp3) is 0. The number of hydrogen-bond donors (Lipinski definition) is 0. The molecule has 6 aromatic heterocycles. The van der Waals surface area contributed by atoms with E-state index in [4.69, 9.17) is 0 Å². The molecule has 22 aromatic rings. The lowest BCUT2D eigenvalue weighted by Gasteiger charge is -2.12. The van der Waals surface area contributed by atoms with Crippen molar-refractivity contribution in [2.45, 2.75) is 0 Å². The van der Waals surface area contributed by atoms with Crippen molar-refractivity contribution >= 4 is 131 Å². The summed E-state index contributed by atoms with van der Waals surface area (Å²) in [6.07, 6.45) is 0. The molecular formula is C96H62N6. The van der Waals surface area contributed by atoms with Crippen LogP contribution in [-0.2, 0) is 0 Å². The van der Waals surface area contributed by atoms with Gasteiger partial charge in [-0.1, -0.05) is 231 Å². The first-order valence-corrected chi connectivity index (χ1v) is 35.1. The van der Waals surface area contributed by atoms with Crippen LogP contribution in [0, 0.1) is 0 Å². The largest absolute Gasteiger partial charge is 0.309 e. The zero-order chi connectivity index (χ0) is 66.9. The minimum Gasteiger partial charge on any atom is -0.309 e. The van der Waals surface area contributed by atoms with Crippen LogP contribution in [0.4, 0.5) is 0 Å². The van der Waals surface area contributed by atoms with Crippen molar-refractivity contribution in [1.29, 1.82) is 0 Å². The second kappa shape index (κ2) is 23.0. The Morgan fingerprint density at radius 3 is 0.706 bits per heavy atom. The summed E-state index contributed by atoms with van der Waals surface area (Å²) in [5, 5.41) is 15.1. The molecule has 0 aliphatic rings. The van der Waals surface area contributed by atoms with Gasteiger partial charge in [-0.05, 0) is 168 Å². The third kappa shape index (κ3) is 8.86. The highest BCUT2D eigenvalue weighted by molar-refractivity contribution is 6.16. The van der Waals surface area contributed by atoms with Crippen molar-refractivity contribution in [2.75, 3.05) is 0 Å². The summed E-state index contributed by atoms with van der Waals surface area (Å²) >= 11 is 0. The van der Waals surface area contributed by atoms with Gasteiger partial charge in [0, 0.05) is 98.8 Å². The molecule has 0 spiro atoms. The highest BCUT2D eigenvalue weighted by Crippen LogP contribution is 2.43. The highest BCUT2D eigenvalue weighted by atomic mass is 15.0. The minimum atomic E-state index is 1.14. The molecule has 0 fully saturated rings. The predicted octanol–water partition coefficient (Wildman–Crippen LogP) is 25.3. The second-order valence-corrected chi connectivity index (χ2v) is 26.8. The van der Waals surface area contributed by atoms with Gasteiger partial charge in [-0.25, -0.2) is 0 Å². The molecule has 0 aliphatic carbocycles. The van der Waals surface area contributed by atoms with Gasteiger partial charge in [-0.3, -0.25) is 0 Å². The van der Waals surface area contributed by atoms with E-state index in [2.05, 4.69) is 404 Å². The molecule has 0 saturated carbocycles. The van der Waals surface area contributed by atoms with Crippen molar-refractivity contribution in [1.82, 2.24) is 27.4 Å². The van der Waals surface area contributed by atoms with Crippen molar-refractivity contribution in [3.63, 3.8) is 0 Å². The Bertz CT molecular complexity index is 6990. The molecule has 22 rings (SSSR count). The summed E-state index contributed by atoms with van der Waals surface area (Å²) in [4.78, 5) is 0. The molecule has 476 valence electrons. The number of para-hydroxylation sites is 9. The maximum Gasteiger partial charge on any atom is 0.0561 e. The first kappa shape index (κ1) is 57.4. The Morgan fingerprint density at radius 2 is 0.324 bits per heavy atom. The Morgan fingerprint density at radius 1 is 0.108 bits per heavy atom. The average molecular weight is 1300 g/mol. The average Bonchev–Trinajstić information content (AvgIpc) is 1.57. The summed E-state index contributed by atoms with van der Waals surface area (Å²) in [5.41, 5.74) is 26.3. The summed E-state index contributed by atoms with van der Waals surface area (Å²) in [5.74, 6) is 0. The number of rotatable bonds is 8. The lowest BCUT2D eigenvalue weighted by atomic mass is 10.0. The summed E-state index contributed by atoms with van der Waals surface area (Å²) in [6, 6.07) is 137. The van der Waals surface area contributed by atoms with Gasteiger partial charge in [0.15, 0.2) is 0 Å². The number of fused-ring (bicyclic) bond motifs is 18. The molecule has 0 aliphatic heterocycles. The van der Waals surface area contributed by atoms with Crippen LogP contribution in [0.15, 0.2) is 376 Å². The molecule has 6 nitrogen and oxygen atoms in total. The van der Waals surface area contributed by atoms with E-state index < -0.39 is 0 Å². The molecule has 102 heavy (non-hydrogen) atoms. The van der Waals surface area contributed by atoms with E-state index in [0.29, 0.717) is 0 Å². The first-order valence-electron chi connectivity index (χ1n) is 35.1. The van der Waals surface area contributed by atoms with Crippen LogP contribution in [0.1, 0.15) is 0 Å². The van der Waals surface area contributed by atoms with Crippen LogP contribution >= 0.6 is 0 Å². The Kier molecular flexibility index (Phi) is 12.9. The van der Waals surface area contributed by atoms with Gasteiger partial charge in [-0.2, -0.15) is 0 Å². The lowest BCUT2D eigenvalue weighted by Crippen LogP contribution is -1.97. The normalized spacial score (nSPS) is 11.9. The van der Waals surface area contributed by atoms with Crippen molar-refractivity contribution in [2.24, 2.45) is 0 Å². The summed E-state index contributed by atoms with van der Waals surface area (Å²) in [6.45, 7) is 0. The van der Waals surface area contributed by atoms with Gasteiger partial charge in [0.25, 0.3) is 0 Å². The molecule has 0 atom stereocenters. The third-order valence-corrected chi connectivity index (χ3v) is 21.3. The quantitative estimate of drug-likeness (QED) is 0.145. The maximum absolute atomic E-state index is 2.43. The van der Waals surface area contributed by atoms with Gasteiger partial charge >= 0.3 is 0 Å². The lowest BCUT2D eigenvalue weighted by molar-refractivity contribution is 1.15. The van der Waals surface area contributed by atoms with Crippen molar-refractivity contribution in [3.8, 4) is 56.4 Å². The standard InChI is InChI=1S/2C48H31N3/c1-2-12-32(13-3-1)33-22-24-34(25-23-33)49-43-18-8-6-16-39(43)41-28-26-36(31-48(41)49)51-46-21-11-7-17-40(46)42-30-35(27-29-47(42)51)50-44-19-9-4-14-37(44)38-15-5-10-20-45(38)50;1-2-12-34(13-3-1)49-45-20-10-7-17-40(45)42-31-36(27-29-48(42)49)51-46-21-11-6-16-39(46)41-30-33(24-28-47(41)51)32-22-25-35(26-23-32)50-43-18-8-4-14-37(43)38-15-5-9-19-44(38)50/h2*1-31H. The van der Waals surface area contributed by atoms with E-state index >= 15 is 0 Å². The topological polar surface area (TPSA) is 29.6 Å². The second-order valence-electron chi connectivity index (χ2n) is 26.8. The van der Waals surface area contributed by atoms with Crippen LogP contribution in [0.5, 0.6) is 0 Å². The number of hydrogen-bond acceptors (Lipinski definition) is 0. The zero-order valence-electron chi connectivity index (χ0n) is 55.5. The molecule has 0 unspecified atom stereocenters. The fourth-order valence-corrected chi connectivity index (χ4v) is 16.8. The number of nitrogens with zero attached hydrogens (tertiary/aromatic N) is 6. The van der Waals surface area contributed by atoms with E-state index in [1.165, 1.54) is 159 Å². The van der Waals surface area contributed by atoms with Crippen molar-refractivity contribution < 1.29 is 0 Å². The van der Waals surface area contributed by atoms with Gasteiger partial charge in [0.05, 0.1) is 66.2 Å². The van der Waals surface area contributed by atoms with Crippen LogP contribution in [0.3, 0.4) is 0 Å². The van der Waals surface area contributed by atoms with E-state index in [1.807, 2.05) is 0 Å². The smallest absolute Gasteiger partial charge is 0.0561 e. The highest BCUT2D eigenvalue weighted by Gasteiger charge is 2.22. The first-order chi connectivity index (χ1) is 50.6. The monoisotopic (exact) mass is 1300 g/mol. The minimum absolute atomic E-state index is 1.14. The Hall–Kier alpha value is -13.7. The predicted molar refractivity (Wildman–Crippen MR) is 430 cm³/mol. The number of benzene rings is 16. The molecule has 16 aromatic carbocycles. The SMILES string of the molecule is c1ccc(-c2ccc(-n3c4ccccc4c4ccc(-n5c6ccccc6c6cc(-n7c8ccccc8c8ccccc87)ccc65)cc43)cc2)cc1.c1ccc(-n2c3ccccc3c3cc(-n4c5ccccc5c5cc(-c6ccc(-n7c8ccccc8c8ccccc87)cc6)ccc54)ccc32)cc1. The Labute approximate surface area is 587 Å². The molecule has 6 heteroatoms. The summed E-state index contributed by atoms with van der Waals surface area (Å²) in [7, 11) is 0. The molecule has 6 heterocycles. The summed E-state index contributed by atoms with van der Waals surface area (Å²) < 4.78 is 14.4. The fourth-order valence-electron chi connectivity index (χ4n) is 16.8. The van der Waals surface area contributed by atoms with Crippen LogP contribution in [-0.4, -0.2) is 27.4 Å². The molecule has 0 N–H and O–H groups in total. The van der Waals surface area contributed by atoms with Gasteiger partial charge in [0.1, 0.15) is 0 Å². The van der Waals surface area contributed by atoms with Gasteiger partial charge in [-0.15, -0.1) is 0 Å². The van der Waals surface area contributed by atoms with Crippen LogP contribution in [0.25, 0.3) is 187 Å². The van der Waals surface area contributed by atoms with Crippen molar-refractivity contribution in [3.05, 3.63) is 376 Å². The van der Waals surface area contributed by atoms with Gasteiger partial charge < -0.3 is 27.4 Å². The molecular weight excluding hydrogens is 1240 g/mol. The third-order valence-electron chi connectivity index (χ3n) is 21.3. The van der Waals surface area contributed by atoms with E-state index in [1.54, 1.807) is 0 Å². The maximum atomic E-state index is 2.43. The van der Waals surface area contributed by atoms with Gasteiger partial charge in [0.2, 0.25) is 0 Å². The molecule has 0 saturated heterocycles. The zero-order valence-corrected chi connectivity index (χ0v) is 55.5. The van der Waals surface area contributed by atoms with E-state index in [9.17, 15) is 0 Å². The Balaban J connectivity index is 0.000000133.